The number of hydrogen-bond donors (Lipinski definition) is 3. The number of primary sulfonamides is 1. The van der Waals surface area contributed by atoms with Gasteiger partial charge in [-0.25, -0.2) is 18.5 Å². The number of nitrogens with zero attached hydrogens (tertiary/aromatic N) is 1. The summed E-state index contributed by atoms with van der Waals surface area (Å²) >= 11 is 1.15. The highest BCUT2D eigenvalue weighted by Crippen LogP contribution is 2.20. The van der Waals surface area contributed by atoms with Gasteiger partial charge in [-0.15, -0.1) is 11.3 Å². The molecule has 0 radical (unpaired) electrons. The Morgan fingerprint density at radius 3 is 2.65 bits per heavy atom. The zero-order chi connectivity index (χ0) is 15.0. The van der Waals surface area contributed by atoms with Gasteiger partial charge in [0, 0.05) is 18.0 Å². The van der Waals surface area contributed by atoms with Crippen molar-refractivity contribution in [3.05, 3.63) is 17.0 Å². The standard InChI is InChI=1S/C12H22N4O2S2/c1-3-5-8-15-12(14-4-2)16-9-10-6-7-11(19-10)20(13,17)18/h6-7H,3-5,8-9H2,1-2H3,(H2,13,17,18)(H2,14,15,16). The van der Waals surface area contributed by atoms with E-state index in [9.17, 15) is 8.42 Å². The van der Waals surface area contributed by atoms with E-state index >= 15 is 0 Å². The van der Waals surface area contributed by atoms with E-state index in [0.29, 0.717) is 6.54 Å². The zero-order valence-electron chi connectivity index (χ0n) is 11.8. The molecule has 8 heteroatoms. The molecular weight excluding hydrogens is 296 g/mol. The maximum Gasteiger partial charge on any atom is 0.247 e. The molecule has 0 atom stereocenters. The van der Waals surface area contributed by atoms with Crippen LogP contribution in [0.15, 0.2) is 21.3 Å². The van der Waals surface area contributed by atoms with Crippen LogP contribution in [0.4, 0.5) is 0 Å². The summed E-state index contributed by atoms with van der Waals surface area (Å²) in [5.41, 5.74) is 0. The lowest BCUT2D eigenvalue weighted by Crippen LogP contribution is -2.37. The minimum atomic E-state index is -3.61. The van der Waals surface area contributed by atoms with E-state index in [2.05, 4.69) is 22.5 Å². The van der Waals surface area contributed by atoms with Crippen molar-refractivity contribution >= 4 is 27.3 Å². The molecule has 0 aliphatic rings. The van der Waals surface area contributed by atoms with Gasteiger partial charge in [-0.05, 0) is 25.5 Å². The summed E-state index contributed by atoms with van der Waals surface area (Å²) in [6.07, 6.45) is 2.20. The molecule has 114 valence electrons. The molecule has 1 aromatic rings. The molecule has 1 heterocycles. The van der Waals surface area contributed by atoms with Crippen molar-refractivity contribution in [3.63, 3.8) is 0 Å². The summed E-state index contributed by atoms with van der Waals surface area (Å²) < 4.78 is 22.6. The number of unbranched alkanes of at least 4 members (excludes halogenated alkanes) is 1. The first-order valence-corrected chi connectivity index (χ1v) is 8.97. The van der Waals surface area contributed by atoms with Gasteiger partial charge in [-0.2, -0.15) is 0 Å². The Hall–Kier alpha value is -1.12. The molecule has 20 heavy (non-hydrogen) atoms. The highest BCUT2D eigenvalue weighted by atomic mass is 32.2. The second kappa shape index (κ2) is 8.23. The van der Waals surface area contributed by atoms with E-state index in [4.69, 9.17) is 5.14 Å². The van der Waals surface area contributed by atoms with Gasteiger partial charge in [-0.1, -0.05) is 13.3 Å². The normalized spacial score (nSPS) is 12.4. The van der Waals surface area contributed by atoms with Gasteiger partial charge in [0.15, 0.2) is 5.96 Å². The van der Waals surface area contributed by atoms with Gasteiger partial charge in [-0.3, -0.25) is 0 Å². The number of nitrogens with one attached hydrogen (secondary N) is 2. The summed E-state index contributed by atoms with van der Waals surface area (Å²) in [5, 5.41) is 11.5. The summed E-state index contributed by atoms with van der Waals surface area (Å²) in [7, 11) is -3.61. The minimum Gasteiger partial charge on any atom is -0.357 e. The van der Waals surface area contributed by atoms with Crippen LogP contribution in [0.1, 0.15) is 31.6 Å². The molecule has 0 fully saturated rings. The SMILES string of the molecule is CCCCNC(=NCc1ccc(S(N)(=O)=O)s1)NCC. The van der Waals surface area contributed by atoms with Crippen LogP contribution in [0.3, 0.4) is 0 Å². The summed E-state index contributed by atoms with van der Waals surface area (Å²) in [6, 6.07) is 3.26. The van der Waals surface area contributed by atoms with E-state index in [1.807, 2.05) is 6.92 Å². The second-order valence-electron chi connectivity index (χ2n) is 4.24. The fourth-order valence-electron chi connectivity index (χ4n) is 1.48. The predicted octanol–water partition coefficient (Wildman–Crippen LogP) is 1.25. The molecule has 4 N–H and O–H groups in total. The number of thiophene rings is 1. The monoisotopic (exact) mass is 318 g/mol. The maximum atomic E-state index is 11.2. The molecule has 0 amide bonds. The van der Waals surface area contributed by atoms with Crippen LogP contribution in [0.5, 0.6) is 0 Å². The van der Waals surface area contributed by atoms with Gasteiger partial charge in [0.1, 0.15) is 4.21 Å². The number of aliphatic imine (C=N–C) groups is 1. The molecule has 0 saturated carbocycles. The molecule has 0 aromatic carbocycles. The van der Waals surface area contributed by atoms with Crippen molar-refractivity contribution < 1.29 is 8.42 Å². The molecular formula is C12H22N4O2S2. The van der Waals surface area contributed by atoms with Crippen molar-refractivity contribution in [1.82, 2.24) is 10.6 Å². The molecule has 6 nitrogen and oxygen atoms in total. The van der Waals surface area contributed by atoms with Crippen molar-refractivity contribution in [2.75, 3.05) is 13.1 Å². The van der Waals surface area contributed by atoms with Crippen molar-refractivity contribution in [1.29, 1.82) is 0 Å². The first-order chi connectivity index (χ1) is 9.47. The third kappa shape index (κ3) is 5.89. The Morgan fingerprint density at radius 1 is 1.35 bits per heavy atom. The first kappa shape index (κ1) is 16.9. The molecule has 1 aromatic heterocycles. The lowest BCUT2D eigenvalue weighted by atomic mass is 10.3. The lowest BCUT2D eigenvalue weighted by molar-refractivity contribution is 0.600. The molecule has 0 aliphatic carbocycles. The molecule has 0 bridgehead atoms. The molecule has 0 saturated heterocycles. The Bertz CT molecular complexity index is 537. The number of hydrogen-bond acceptors (Lipinski definition) is 4. The van der Waals surface area contributed by atoms with Crippen LogP contribution in [-0.2, 0) is 16.6 Å². The average Bonchev–Trinajstić information content (AvgIpc) is 2.85. The topological polar surface area (TPSA) is 96.6 Å². The molecule has 0 spiro atoms. The first-order valence-electron chi connectivity index (χ1n) is 6.61. The smallest absolute Gasteiger partial charge is 0.247 e. The van der Waals surface area contributed by atoms with Gasteiger partial charge in [0.05, 0.1) is 6.54 Å². The van der Waals surface area contributed by atoms with Crippen LogP contribution in [-0.4, -0.2) is 27.5 Å². The van der Waals surface area contributed by atoms with Gasteiger partial charge in [0.25, 0.3) is 0 Å². The Balaban J connectivity index is 2.64. The van der Waals surface area contributed by atoms with E-state index < -0.39 is 10.0 Å². The van der Waals surface area contributed by atoms with Crippen molar-refractivity contribution in [3.8, 4) is 0 Å². The summed E-state index contributed by atoms with van der Waals surface area (Å²) in [4.78, 5) is 5.28. The Kier molecular flexibility index (Phi) is 6.97. The van der Waals surface area contributed by atoms with E-state index in [1.165, 1.54) is 6.07 Å². The van der Waals surface area contributed by atoms with Crippen molar-refractivity contribution in [2.45, 2.75) is 37.4 Å². The third-order valence-electron chi connectivity index (χ3n) is 2.48. The van der Waals surface area contributed by atoms with Crippen LogP contribution in [0, 0.1) is 0 Å². The molecule has 0 aliphatic heterocycles. The van der Waals surface area contributed by atoms with E-state index in [0.717, 1.165) is 48.1 Å². The summed E-state index contributed by atoms with van der Waals surface area (Å²) in [6.45, 7) is 6.22. The quantitative estimate of drug-likeness (QED) is 0.400. The minimum absolute atomic E-state index is 0.173. The Morgan fingerprint density at radius 2 is 2.10 bits per heavy atom. The lowest BCUT2D eigenvalue weighted by Gasteiger charge is -2.10. The molecule has 0 unspecified atom stereocenters. The number of guanidine groups is 1. The summed E-state index contributed by atoms with van der Waals surface area (Å²) in [5.74, 6) is 0.742. The fourth-order valence-corrected chi connectivity index (χ4v) is 3.18. The highest BCUT2D eigenvalue weighted by molar-refractivity contribution is 7.91. The number of nitrogens with two attached hydrogens (primary N) is 1. The third-order valence-corrected chi connectivity index (χ3v) is 4.99. The van der Waals surface area contributed by atoms with E-state index in [1.54, 1.807) is 6.07 Å². The maximum absolute atomic E-state index is 11.2. The number of rotatable bonds is 7. The van der Waals surface area contributed by atoms with Gasteiger partial charge < -0.3 is 10.6 Å². The highest BCUT2D eigenvalue weighted by Gasteiger charge is 2.10. The fraction of sp³-hybridized carbons (Fsp3) is 0.583. The van der Waals surface area contributed by atoms with E-state index in [-0.39, 0.29) is 4.21 Å². The predicted molar refractivity (Wildman–Crippen MR) is 83.4 cm³/mol. The van der Waals surface area contributed by atoms with Crippen molar-refractivity contribution in [2.24, 2.45) is 10.1 Å². The van der Waals surface area contributed by atoms with Crippen LogP contribution in [0.25, 0.3) is 0 Å². The Labute approximate surface area is 124 Å². The van der Waals surface area contributed by atoms with Crippen LogP contribution in [0.2, 0.25) is 0 Å². The largest absolute Gasteiger partial charge is 0.357 e. The van der Waals surface area contributed by atoms with Crippen LogP contribution < -0.4 is 15.8 Å². The zero-order valence-corrected chi connectivity index (χ0v) is 13.5. The van der Waals surface area contributed by atoms with Gasteiger partial charge in [0.2, 0.25) is 10.0 Å². The molecule has 1 rings (SSSR count). The average molecular weight is 318 g/mol. The van der Waals surface area contributed by atoms with Crippen LogP contribution >= 0.6 is 11.3 Å². The number of sulfonamides is 1. The van der Waals surface area contributed by atoms with Gasteiger partial charge >= 0.3 is 0 Å². The second-order valence-corrected chi connectivity index (χ2v) is 7.20.